The molecule has 0 unspecified atom stereocenters. The van der Waals surface area contributed by atoms with Gasteiger partial charge in [0, 0.05) is 18.7 Å². The Labute approximate surface area is 186 Å². The average Bonchev–Trinajstić information content (AvgIpc) is 3.59. The van der Waals surface area contributed by atoms with Crippen molar-refractivity contribution in [3.8, 4) is 22.7 Å². The summed E-state index contributed by atoms with van der Waals surface area (Å²) in [5.41, 5.74) is 2.33. The summed E-state index contributed by atoms with van der Waals surface area (Å²) in [6.45, 7) is 3.44. The quantitative estimate of drug-likeness (QED) is 0.382. The zero-order chi connectivity index (χ0) is 21.0. The maximum absolute atomic E-state index is 5.90. The van der Waals surface area contributed by atoms with Crippen LogP contribution in [0.15, 0.2) is 43.6 Å². The molecule has 0 saturated carbocycles. The van der Waals surface area contributed by atoms with Gasteiger partial charge in [0.05, 0.1) is 11.9 Å². The Hall–Kier alpha value is -2.76. The van der Waals surface area contributed by atoms with Gasteiger partial charge in [-0.3, -0.25) is 0 Å². The van der Waals surface area contributed by atoms with Crippen molar-refractivity contribution in [2.45, 2.75) is 36.0 Å². The number of hydrogen-bond acceptors (Lipinski definition) is 11. The van der Waals surface area contributed by atoms with E-state index in [1.54, 1.807) is 0 Å². The van der Waals surface area contributed by atoms with E-state index >= 15 is 0 Å². The molecule has 0 radical (unpaired) electrons. The lowest BCUT2D eigenvalue weighted by Gasteiger charge is -2.08. The molecule has 1 saturated heterocycles. The third-order valence-electron chi connectivity index (χ3n) is 4.82. The van der Waals surface area contributed by atoms with Gasteiger partial charge < -0.3 is 19.0 Å². The summed E-state index contributed by atoms with van der Waals surface area (Å²) in [7, 11) is 0. The molecule has 0 aliphatic carbocycles. The number of thioether (sulfide) groups is 1. The molecule has 160 valence electrons. The second-order valence-electron chi connectivity index (χ2n) is 7.01. The lowest BCUT2D eigenvalue weighted by molar-refractivity contribution is 0.120. The number of nitrogens with one attached hydrogen (secondary N) is 1. The van der Waals surface area contributed by atoms with E-state index in [9.17, 15) is 0 Å². The van der Waals surface area contributed by atoms with E-state index in [0.29, 0.717) is 34.6 Å². The molecular weight excluding hydrogens is 436 g/mol. The highest BCUT2D eigenvalue weighted by Gasteiger charge is 2.22. The second kappa shape index (κ2) is 9.16. The number of ether oxygens (including phenoxy) is 1. The summed E-state index contributed by atoms with van der Waals surface area (Å²) < 4.78 is 17.7. The monoisotopic (exact) mass is 456 g/mol. The van der Waals surface area contributed by atoms with E-state index in [1.807, 2.05) is 37.3 Å². The van der Waals surface area contributed by atoms with Crippen LogP contribution < -0.4 is 5.32 Å². The van der Waals surface area contributed by atoms with Crippen LogP contribution in [-0.2, 0) is 10.5 Å². The van der Waals surface area contributed by atoms with Crippen LogP contribution in [0, 0.1) is 6.92 Å². The van der Waals surface area contributed by atoms with Gasteiger partial charge in [-0.15, -0.1) is 20.4 Å². The maximum atomic E-state index is 5.90. The Morgan fingerprint density at radius 1 is 1.16 bits per heavy atom. The van der Waals surface area contributed by atoms with Crippen LogP contribution in [0.1, 0.15) is 24.5 Å². The largest absolute Gasteiger partial charge is 0.420 e. The Kier molecular flexibility index (Phi) is 5.96. The minimum absolute atomic E-state index is 0.262. The molecule has 5 rings (SSSR count). The first-order valence-electron chi connectivity index (χ1n) is 9.92. The number of anilines is 1. The van der Waals surface area contributed by atoms with Gasteiger partial charge in [-0.1, -0.05) is 58.6 Å². The van der Waals surface area contributed by atoms with Crippen LogP contribution in [-0.4, -0.2) is 44.8 Å². The molecule has 1 N–H and O–H groups in total. The van der Waals surface area contributed by atoms with E-state index in [-0.39, 0.29) is 6.10 Å². The Balaban J connectivity index is 1.23. The number of benzene rings is 1. The zero-order valence-corrected chi connectivity index (χ0v) is 18.4. The lowest BCUT2D eigenvalue weighted by Crippen LogP contribution is -2.18. The molecule has 1 fully saturated rings. The predicted molar refractivity (Wildman–Crippen MR) is 117 cm³/mol. The van der Waals surface area contributed by atoms with Gasteiger partial charge in [-0.25, -0.2) is 0 Å². The zero-order valence-electron chi connectivity index (χ0n) is 16.8. The summed E-state index contributed by atoms with van der Waals surface area (Å²) in [4.78, 5) is 0. The molecule has 4 aromatic rings. The molecule has 0 amide bonds. The van der Waals surface area contributed by atoms with Gasteiger partial charge in [-0.05, 0) is 19.8 Å². The first kappa shape index (κ1) is 20.2. The highest BCUT2D eigenvalue weighted by Crippen LogP contribution is 2.34. The van der Waals surface area contributed by atoms with E-state index in [4.69, 9.17) is 13.7 Å². The fourth-order valence-electron chi connectivity index (χ4n) is 3.30. The van der Waals surface area contributed by atoms with Gasteiger partial charge in [0.1, 0.15) is 17.0 Å². The van der Waals surface area contributed by atoms with Crippen molar-refractivity contribution < 1.29 is 13.7 Å². The summed E-state index contributed by atoms with van der Waals surface area (Å²) in [5, 5.41) is 25.0. The number of rotatable bonds is 8. The molecule has 1 aliphatic rings. The molecule has 9 nitrogen and oxygen atoms in total. The molecule has 1 aliphatic heterocycles. The van der Waals surface area contributed by atoms with Gasteiger partial charge in [0.15, 0.2) is 4.34 Å². The molecule has 4 heterocycles. The summed E-state index contributed by atoms with van der Waals surface area (Å²) >= 11 is 3.01. The maximum Gasteiger partial charge on any atom is 0.253 e. The summed E-state index contributed by atoms with van der Waals surface area (Å²) in [6, 6.07) is 9.78. The number of aromatic nitrogens is 5. The van der Waals surface area contributed by atoms with Crippen LogP contribution in [0.25, 0.3) is 22.7 Å². The summed E-state index contributed by atoms with van der Waals surface area (Å²) in [5.74, 6) is 2.03. The van der Waals surface area contributed by atoms with Crippen LogP contribution in [0.3, 0.4) is 0 Å². The molecule has 3 aromatic heterocycles. The van der Waals surface area contributed by atoms with Crippen molar-refractivity contribution in [2.75, 3.05) is 18.5 Å². The van der Waals surface area contributed by atoms with Crippen molar-refractivity contribution in [1.29, 1.82) is 0 Å². The third kappa shape index (κ3) is 4.63. The summed E-state index contributed by atoms with van der Waals surface area (Å²) in [6.07, 6.45) is 2.47. The molecule has 1 atom stereocenters. The smallest absolute Gasteiger partial charge is 0.253 e. The molecule has 31 heavy (non-hydrogen) atoms. The van der Waals surface area contributed by atoms with E-state index in [2.05, 4.69) is 30.9 Å². The van der Waals surface area contributed by atoms with Crippen molar-refractivity contribution in [1.82, 2.24) is 25.6 Å². The Morgan fingerprint density at radius 3 is 2.90 bits per heavy atom. The third-order valence-corrected chi connectivity index (χ3v) is 6.82. The van der Waals surface area contributed by atoms with Crippen molar-refractivity contribution in [2.24, 2.45) is 0 Å². The minimum Gasteiger partial charge on any atom is -0.420 e. The van der Waals surface area contributed by atoms with Crippen molar-refractivity contribution >= 4 is 28.2 Å². The van der Waals surface area contributed by atoms with Crippen molar-refractivity contribution in [3.63, 3.8) is 0 Å². The average molecular weight is 457 g/mol. The molecule has 1 aromatic carbocycles. The molecule has 11 heteroatoms. The van der Waals surface area contributed by atoms with Gasteiger partial charge >= 0.3 is 0 Å². The molecular formula is C20H20N6O3S2. The van der Waals surface area contributed by atoms with Crippen LogP contribution >= 0.6 is 23.1 Å². The first-order valence-corrected chi connectivity index (χ1v) is 11.7. The molecule has 0 bridgehead atoms. The number of aryl methyl sites for hydroxylation is 1. The number of nitrogens with zero attached hydrogens (tertiary/aromatic N) is 5. The van der Waals surface area contributed by atoms with Gasteiger partial charge in [0.2, 0.25) is 11.0 Å². The van der Waals surface area contributed by atoms with Crippen LogP contribution in [0.5, 0.6) is 0 Å². The fraction of sp³-hybridized carbons (Fsp3) is 0.350. The highest BCUT2D eigenvalue weighted by molar-refractivity contribution is 8.00. The van der Waals surface area contributed by atoms with E-state index < -0.39 is 0 Å². The Morgan fingerprint density at radius 2 is 2.06 bits per heavy atom. The van der Waals surface area contributed by atoms with Crippen molar-refractivity contribution in [3.05, 3.63) is 42.0 Å². The second-order valence-corrected chi connectivity index (χ2v) is 9.21. The highest BCUT2D eigenvalue weighted by atomic mass is 32.2. The standard InChI is InChI=1S/C20H20N6O3S2/c1-12-16(17(26-29-12)13-6-3-2-4-7-13)18-23-22-15(28-18)11-30-20-25-24-19(31-20)21-10-14-8-5-9-27-14/h2-4,6-7,14H,5,8-11H2,1H3,(H,21,24)/t14-/m1/s1. The van der Waals surface area contributed by atoms with E-state index in [1.165, 1.54) is 23.1 Å². The van der Waals surface area contributed by atoms with Gasteiger partial charge in [-0.2, -0.15) is 0 Å². The SMILES string of the molecule is Cc1onc(-c2ccccc2)c1-c1nnc(CSc2nnc(NC[C@H]3CCCO3)s2)o1. The number of hydrogen-bond donors (Lipinski definition) is 1. The normalized spacial score (nSPS) is 16.1. The van der Waals surface area contributed by atoms with Crippen LogP contribution in [0.2, 0.25) is 0 Å². The fourth-order valence-corrected chi connectivity index (χ4v) is 4.90. The Bertz CT molecular complexity index is 1140. The predicted octanol–water partition coefficient (Wildman–Crippen LogP) is 4.43. The molecule has 0 spiro atoms. The van der Waals surface area contributed by atoms with Crippen LogP contribution in [0.4, 0.5) is 5.13 Å². The minimum atomic E-state index is 0.262. The lowest BCUT2D eigenvalue weighted by atomic mass is 10.1. The van der Waals surface area contributed by atoms with Gasteiger partial charge in [0.25, 0.3) is 5.89 Å². The topological polar surface area (TPSA) is 112 Å². The van der Waals surface area contributed by atoms with E-state index in [0.717, 1.165) is 41.0 Å². The first-order chi connectivity index (χ1) is 15.3.